The van der Waals surface area contributed by atoms with Crippen molar-refractivity contribution in [3.8, 4) is 0 Å². The molecular weight excluding hydrogens is 196 g/mol. The van der Waals surface area contributed by atoms with Gasteiger partial charge in [-0.15, -0.1) is 0 Å². The number of thioether (sulfide) groups is 1. The van der Waals surface area contributed by atoms with Crippen molar-refractivity contribution in [3.05, 3.63) is 0 Å². The molecule has 80 valence electrons. The Balaban J connectivity index is 2.26. The summed E-state index contributed by atoms with van der Waals surface area (Å²) in [5.74, 6) is 2.31. The van der Waals surface area contributed by atoms with Gasteiger partial charge in [0.1, 0.15) is 11.6 Å². The third-order valence-corrected chi connectivity index (χ3v) is 3.59. The summed E-state index contributed by atoms with van der Waals surface area (Å²) in [5.41, 5.74) is 0. The van der Waals surface area contributed by atoms with Gasteiger partial charge >= 0.3 is 0 Å². The molecule has 1 rings (SSSR count). The second-order valence-electron chi connectivity index (χ2n) is 3.68. The number of hydrogen-bond donors (Lipinski definition) is 0. The Bertz CT molecular complexity index is 197. The van der Waals surface area contributed by atoms with Gasteiger partial charge in [0.15, 0.2) is 0 Å². The van der Waals surface area contributed by atoms with Gasteiger partial charge in [-0.25, -0.2) is 0 Å². The summed E-state index contributed by atoms with van der Waals surface area (Å²) in [6, 6.07) is 0. The summed E-state index contributed by atoms with van der Waals surface area (Å²) in [5, 5.41) is 0. The molecule has 0 saturated heterocycles. The minimum absolute atomic E-state index is 0.183. The lowest BCUT2D eigenvalue weighted by atomic mass is 9.84. The molecule has 0 aromatic carbocycles. The zero-order valence-corrected chi connectivity index (χ0v) is 9.57. The first-order chi connectivity index (χ1) is 6.75. The number of rotatable bonds is 5. The highest BCUT2D eigenvalue weighted by molar-refractivity contribution is 7.99. The Labute approximate surface area is 89.8 Å². The zero-order valence-electron chi connectivity index (χ0n) is 8.75. The monoisotopic (exact) mass is 214 g/mol. The molecule has 0 unspecified atom stereocenters. The molecule has 0 atom stereocenters. The molecule has 1 aliphatic rings. The average Bonchev–Trinajstić information content (AvgIpc) is 2.16. The van der Waals surface area contributed by atoms with E-state index in [1.165, 1.54) is 0 Å². The molecule has 0 heterocycles. The predicted molar refractivity (Wildman–Crippen MR) is 59.6 cm³/mol. The van der Waals surface area contributed by atoms with Crippen LogP contribution in [-0.4, -0.2) is 23.1 Å². The quantitative estimate of drug-likeness (QED) is 0.521. The molecule has 14 heavy (non-hydrogen) atoms. The van der Waals surface area contributed by atoms with Crippen molar-refractivity contribution < 1.29 is 9.59 Å². The summed E-state index contributed by atoms with van der Waals surface area (Å²) in [6.45, 7) is 2.13. The van der Waals surface area contributed by atoms with E-state index in [1.54, 1.807) is 0 Å². The van der Waals surface area contributed by atoms with Crippen LogP contribution in [0, 0.1) is 5.92 Å². The van der Waals surface area contributed by atoms with E-state index in [1.807, 2.05) is 11.8 Å². The molecule has 2 nitrogen and oxygen atoms in total. The van der Waals surface area contributed by atoms with E-state index < -0.39 is 0 Å². The highest BCUT2D eigenvalue weighted by Gasteiger charge is 2.28. The van der Waals surface area contributed by atoms with E-state index in [0.29, 0.717) is 12.8 Å². The first-order valence-corrected chi connectivity index (χ1v) is 6.54. The molecule has 1 aliphatic carbocycles. The fraction of sp³-hybridized carbons (Fsp3) is 0.818. The third-order valence-electron chi connectivity index (χ3n) is 2.61. The Hall–Kier alpha value is -0.310. The molecule has 1 saturated carbocycles. The van der Waals surface area contributed by atoms with Gasteiger partial charge in [0.25, 0.3) is 0 Å². The smallest absolute Gasteiger partial charge is 0.143 e. The summed E-state index contributed by atoms with van der Waals surface area (Å²) < 4.78 is 0. The van der Waals surface area contributed by atoms with Gasteiger partial charge in [0.05, 0.1) is 5.92 Å². The molecular formula is C11H18O2S. The lowest BCUT2D eigenvalue weighted by Crippen LogP contribution is -2.28. The minimum Gasteiger partial charge on any atom is -0.299 e. The molecule has 0 spiro atoms. The second-order valence-corrected chi connectivity index (χ2v) is 5.07. The molecule has 0 aromatic heterocycles. The fourth-order valence-corrected chi connectivity index (χ4v) is 2.48. The number of ketones is 2. The van der Waals surface area contributed by atoms with Gasteiger partial charge in [-0.1, -0.05) is 6.92 Å². The van der Waals surface area contributed by atoms with Crippen LogP contribution in [0.5, 0.6) is 0 Å². The van der Waals surface area contributed by atoms with Crippen LogP contribution in [-0.2, 0) is 9.59 Å². The van der Waals surface area contributed by atoms with Crippen LogP contribution in [0.25, 0.3) is 0 Å². The van der Waals surface area contributed by atoms with E-state index >= 15 is 0 Å². The van der Waals surface area contributed by atoms with Gasteiger partial charge in [0, 0.05) is 12.8 Å². The van der Waals surface area contributed by atoms with Gasteiger partial charge in [-0.2, -0.15) is 11.8 Å². The van der Waals surface area contributed by atoms with Crippen LogP contribution in [0.3, 0.4) is 0 Å². The van der Waals surface area contributed by atoms with Crippen LogP contribution in [0.15, 0.2) is 0 Å². The van der Waals surface area contributed by atoms with E-state index in [4.69, 9.17) is 0 Å². The maximum atomic E-state index is 11.4. The van der Waals surface area contributed by atoms with Gasteiger partial charge in [-0.3, -0.25) is 9.59 Å². The van der Waals surface area contributed by atoms with E-state index in [9.17, 15) is 9.59 Å². The number of carbonyl (C=O) groups excluding carboxylic acids is 2. The van der Waals surface area contributed by atoms with Crippen molar-refractivity contribution in [2.75, 3.05) is 11.5 Å². The van der Waals surface area contributed by atoms with Crippen molar-refractivity contribution in [2.24, 2.45) is 5.92 Å². The number of Topliss-reactive ketones (excluding diaryl/α,β-unsaturated/α-hetero) is 2. The number of carbonyl (C=O) groups is 2. The SMILES string of the molecule is CCSCCCC1C(=O)CCCC1=O. The Morgan fingerprint density at radius 3 is 2.50 bits per heavy atom. The molecule has 0 bridgehead atoms. The topological polar surface area (TPSA) is 34.1 Å². The predicted octanol–water partition coefficient (Wildman–Crippen LogP) is 2.46. The summed E-state index contributed by atoms with van der Waals surface area (Å²) in [4.78, 5) is 22.9. The maximum Gasteiger partial charge on any atom is 0.143 e. The summed E-state index contributed by atoms with van der Waals surface area (Å²) in [7, 11) is 0. The van der Waals surface area contributed by atoms with Crippen molar-refractivity contribution in [3.63, 3.8) is 0 Å². The van der Waals surface area contributed by atoms with Crippen molar-refractivity contribution in [2.45, 2.75) is 39.0 Å². The standard InChI is InChI=1S/C11H18O2S/c1-2-14-8-4-5-9-10(12)6-3-7-11(9)13/h9H,2-8H2,1H3. The van der Waals surface area contributed by atoms with Crippen molar-refractivity contribution in [1.82, 2.24) is 0 Å². The Morgan fingerprint density at radius 1 is 1.29 bits per heavy atom. The lowest BCUT2D eigenvalue weighted by molar-refractivity contribution is -0.135. The van der Waals surface area contributed by atoms with Crippen LogP contribution in [0.2, 0.25) is 0 Å². The van der Waals surface area contributed by atoms with Crippen LogP contribution in [0.1, 0.15) is 39.0 Å². The maximum absolute atomic E-state index is 11.4. The van der Waals surface area contributed by atoms with Crippen LogP contribution in [0.4, 0.5) is 0 Å². The largest absolute Gasteiger partial charge is 0.299 e. The van der Waals surface area contributed by atoms with E-state index in [0.717, 1.165) is 30.8 Å². The molecule has 0 radical (unpaired) electrons. The first-order valence-electron chi connectivity index (χ1n) is 5.39. The highest BCUT2D eigenvalue weighted by atomic mass is 32.2. The zero-order chi connectivity index (χ0) is 10.4. The van der Waals surface area contributed by atoms with Gasteiger partial charge in [-0.05, 0) is 30.8 Å². The normalized spacial score (nSPS) is 18.9. The fourth-order valence-electron chi connectivity index (χ4n) is 1.82. The van der Waals surface area contributed by atoms with E-state index in [-0.39, 0.29) is 17.5 Å². The van der Waals surface area contributed by atoms with Gasteiger partial charge in [0.2, 0.25) is 0 Å². The Morgan fingerprint density at radius 2 is 1.93 bits per heavy atom. The molecule has 3 heteroatoms. The summed E-state index contributed by atoms with van der Waals surface area (Å²) >= 11 is 1.88. The highest BCUT2D eigenvalue weighted by Crippen LogP contribution is 2.22. The van der Waals surface area contributed by atoms with Crippen molar-refractivity contribution >= 4 is 23.3 Å². The molecule has 0 aromatic rings. The van der Waals surface area contributed by atoms with Crippen LogP contribution < -0.4 is 0 Å². The van der Waals surface area contributed by atoms with Crippen molar-refractivity contribution in [1.29, 1.82) is 0 Å². The van der Waals surface area contributed by atoms with Crippen LogP contribution >= 0.6 is 11.8 Å². The minimum atomic E-state index is -0.249. The van der Waals surface area contributed by atoms with Gasteiger partial charge < -0.3 is 0 Å². The molecule has 0 aliphatic heterocycles. The van der Waals surface area contributed by atoms with E-state index in [2.05, 4.69) is 6.92 Å². The lowest BCUT2D eigenvalue weighted by Gasteiger charge is -2.18. The third kappa shape index (κ3) is 3.45. The molecule has 0 amide bonds. The first kappa shape index (κ1) is 11.8. The molecule has 0 N–H and O–H groups in total. The second kappa shape index (κ2) is 6.23. The average molecular weight is 214 g/mol. The number of hydrogen-bond acceptors (Lipinski definition) is 3. The Kier molecular flexibility index (Phi) is 5.23. The summed E-state index contributed by atoms with van der Waals surface area (Å²) in [6.07, 6.45) is 3.80. The molecule has 1 fully saturated rings.